The molecule has 0 unspecified atom stereocenters. The second-order valence-electron chi connectivity index (χ2n) is 3.56. The number of aryl methyl sites for hydroxylation is 2. The fourth-order valence-corrected chi connectivity index (χ4v) is 2.10. The van der Waals surface area contributed by atoms with E-state index < -0.39 is 0 Å². The van der Waals surface area contributed by atoms with Gasteiger partial charge in [-0.3, -0.25) is 9.48 Å². The van der Waals surface area contributed by atoms with Gasteiger partial charge in [-0.2, -0.15) is 16.4 Å². The van der Waals surface area contributed by atoms with Crippen LogP contribution >= 0.6 is 11.3 Å². The summed E-state index contributed by atoms with van der Waals surface area (Å²) >= 11 is 1.62. The fourth-order valence-electron chi connectivity index (χ4n) is 1.47. The van der Waals surface area contributed by atoms with E-state index in [4.69, 9.17) is 0 Å². The first-order valence-corrected chi connectivity index (χ1v) is 5.86. The fraction of sp³-hybridized carbons (Fsp3) is 0.167. The van der Waals surface area contributed by atoms with Gasteiger partial charge in [0.1, 0.15) is 0 Å². The molecule has 0 bridgehead atoms. The summed E-state index contributed by atoms with van der Waals surface area (Å²) in [5, 5.41) is 8.13. The van der Waals surface area contributed by atoms with E-state index in [0.717, 1.165) is 11.3 Å². The van der Waals surface area contributed by atoms with Crippen molar-refractivity contribution in [3.63, 3.8) is 0 Å². The molecule has 3 nitrogen and oxygen atoms in total. The minimum absolute atomic E-state index is 0.00296. The van der Waals surface area contributed by atoms with E-state index in [1.54, 1.807) is 28.3 Å². The van der Waals surface area contributed by atoms with E-state index in [2.05, 4.69) is 5.10 Å². The summed E-state index contributed by atoms with van der Waals surface area (Å²) < 4.78 is 1.65. The highest BCUT2D eigenvalue weighted by Crippen LogP contribution is 2.10. The van der Waals surface area contributed by atoms with Gasteiger partial charge in [0.15, 0.2) is 5.78 Å². The molecule has 2 heterocycles. The van der Waals surface area contributed by atoms with Crippen molar-refractivity contribution in [1.29, 1.82) is 0 Å². The summed E-state index contributed by atoms with van der Waals surface area (Å²) in [5.74, 6) is -0.00296. The molecule has 0 radical (unpaired) electrons. The van der Waals surface area contributed by atoms with Gasteiger partial charge in [-0.25, -0.2) is 0 Å². The first-order valence-electron chi connectivity index (χ1n) is 4.91. The van der Waals surface area contributed by atoms with Gasteiger partial charge >= 0.3 is 0 Å². The standard InChI is InChI=1S/C12H12N2OS/c1-9-11(7-14(2)13-9)12(15)4-3-10-5-6-16-8-10/h3-8H,1-2H3. The lowest BCUT2D eigenvalue weighted by atomic mass is 10.1. The normalized spacial score (nSPS) is 11.1. The Morgan fingerprint density at radius 2 is 2.38 bits per heavy atom. The van der Waals surface area contributed by atoms with Crippen molar-refractivity contribution in [1.82, 2.24) is 9.78 Å². The van der Waals surface area contributed by atoms with E-state index >= 15 is 0 Å². The molecule has 0 aliphatic carbocycles. The molecule has 2 rings (SSSR count). The summed E-state index contributed by atoms with van der Waals surface area (Å²) in [7, 11) is 1.81. The van der Waals surface area contributed by atoms with Gasteiger partial charge in [0.05, 0.1) is 11.3 Å². The predicted molar refractivity (Wildman–Crippen MR) is 65.6 cm³/mol. The number of hydrogen-bond acceptors (Lipinski definition) is 3. The van der Waals surface area contributed by atoms with Crippen molar-refractivity contribution in [2.75, 3.05) is 0 Å². The van der Waals surface area contributed by atoms with Crippen LogP contribution in [0, 0.1) is 6.92 Å². The first kappa shape index (κ1) is 10.8. The highest BCUT2D eigenvalue weighted by molar-refractivity contribution is 7.08. The third kappa shape index (κ3) is 2.28. The summed E-state index contributed by atoms with van der Waals surface area (Å²) in [4.78, 5) is 11.8. The van der Waals surface area contributed by atoms with E-state index in [1.807, 2.05) is 36.9 Å². The van der Waals surface area contributed by atoms with Crippen molar-refractivity contribution in [2.24, 2.45) is 7.05 Å². The molecule has 0 spiro atoms. The second-order valence-corrected chi connectivity index (χ2v) is 4.34. The summed E-state index contributed by atoms with van der Waals surface area (Å²) in [6.45, 7) is 1.84. The lowest BCUT2D eigenvalue weighted by molar-refractivity contribution is 0.104. The summed E-state index contributed by atoms with van der Waals surface area (Å²) in [6.07, 6.45) is 5.16. The number of hydrogen-bond donors (Lipinski definition) is 0. The molecule has 0 amide bonds. The van der Waals surface area contributed by atoms with Gasteiger partial charge < -0.3 is 0 Å². The molecular formula is C12H12N2OS. The maximum absolute atomic E-state index is 11.8. The van der Waals surface area contributed by atoms with Crippen LogP contribution in [0.5, 0.6) is 0 Å². The van der Waals surface area contributed by atoms with Gasteiger partial charge in [-0.1, -0.05) is 6.08 Å². The first-order chi connectivity index (χ1) is 7.66. The molecule has 0 saturated carbocycles. The van der Waals surface area contributed by atoms with Crippen molar-refractivity contribution in [3.8, 4) is 0 Å². The van der Waals surface area contributed by atoms with Crippen molar-refractivity contribution in [2.45, 2.75) is 6.92 Å². The average Bonchev–Trinajstić information content (AvgIpc) is 2.84. The number of aromatic nitrogens is 2. The zero-order chi connectivity index (χ0) is 11.5. The maximum atomic E-state index is 11.8. The number of nitrogens with zero attached hydrogens (tertiary/aromatic N) is 2. The molecule has 0 N–H and O–H groups in total. The van der Waals surface area contributed by atoms with Crippen molar-refractivity contribution < 1.29 is 4.79 Å². The number of carbonyl (C=O) groups is 1. The number of ketones is 1. The number of rotatable bonds is 3. The highest BCUT2D eigenvalue weighted by atomic mass is 32.1. The van der Waals surface area contributed by atoms with Gasteiger partial charge in [-0.05, 0) is 35.4 Å². The lowest BCUT2D eigenvalue weighted by Crippen LogP contribution is -1.94. The van der Waals surface area contributed by atoms with Gasteiger partial charge in [-0.15, -0.1) is 0 Å². The number of thiophene rings is 1. The molecule has 2 aromatic rings. The Kier molecular flexibility index (Phi) is 3.01. The van der Waals surface area contributed by atoms with Crippen LogP contribution in [0.15, 0.2) is 29.1 Å². The van der Waals surface area contributed by atoms with Crippen LogP contribution in [0.1, 0.15) is 21.6 Å². The predicted octanol–water partition coefficient (Wildman–Crippen LogP) is 2.69. The molecule has 4 heteroatoms. The van der Waals surface area contributed by atoms with E-state index in [-0.39, 0.29) is 5.78 Å². The van der Waals surface area contributed by atoms with E-state index in [1.165, 1.54) is 0 Å². The van der Waals surface area contributed by atoms with Gasteiger partial charge in [0, 0.05) is 13.2 Å². The van der Waals surface area contributed by atoms with Crippen molar-refractivity contribution in [3.05, 3.63) is 45.9 Å². The minimum Gasteiger partial charge on any atom is -0.289 e. The Labute approximate surface area is 98.0 Å². The van der Waals surface area contributed by atoms with Crippen LogP contribution in [0.25, 0.3) is 6.08 Å². The molecular weight excluding hydrogens is 220 g/mol. The molecule has 2 aromatic heterocycles. The van der Waals surface area contributed by atoms with E-state index in [9.17, 15) is 4.79 Å². The zero-order valence-electron chi connectivity index (χ0n) is 9.18. The third-order valence-electron chi connectivity index (χ3n) is 2.25. The zero-order valence-corrected chi connectivity index (χ0v) is 9.99. The van der Waals surface area contributed by atoms with Crippen LogP contribution in [0.3, 0.4) is 0 Å². The molecule has 0 fully saturated rings. The van der Waals surface area contributed by atoms with E-state index in [0.29, 0.717) is 5.56 Å². The Balaban J connectivity index is 2.17. The second kappa shape index (κ2) is 4.45. The monoisotopic (exact) mass is 232 g/mol. The van der Waals surface area contributed by atoms with Gasteiger partial charge in [0.2, 0.25) is 0 Å². The maximum Gasteiger partial charge on any atom is 0.189 e. The molecule has 0 aliphatic rings. The Hall–Kier alpha value is -1.68. The Morgan fingerprint density at radius 3 is 2.94 bits per heavy atom. The minimum atomic E-state index is -0.00296. The lowest BCUT2D eigenvalue weighted by Gasteiger charge is -1.90. The van der Waals surface area contributed by atoms with Crippen LogP contribution in [-0.2, 0) is 7.05 Å². The SMILES string of the molecule is Cc1nn(C)cc1C(=O)C=Cc1ccsc1. The van der Waals surface area contributed by atoms with Gasteiger partial charge in [0.25, 0.3) is 0 Å². The molecule has 16 heavy (non-hydrogen) atoms. The van der Waals surface area contributed by atoms with Crippen LogP contribution in [0.4, 0.5) is 0 Å². The number of allylic oxidation sites excluding steroid dienone is 1. The largest absolute Gasteiger partial charge is 0.289 e. The molecule has 0 aliphatic heterocycles. The Bertz CT molecular complexity index is 523. The van der Waals surface area contributed by atoms with Crippen LogP contribution in [-0.4, -0.2) is 15.6 Å². The molecule has 0 atom stereocenters. The van der Waals surface area contributed by atoms with Crippen molar-refractivity contribution >= 4 is 23.2 Å². The Morgan fingerprint density at radius 1 is 1.56 bits per heavy atom. The average molecular weight is 232 g/mol. The third-order valence-corrected chi connectivity index (χ3v) is 2.95. The smallest absolute Gasteiger partial charge is 0.189 e. The number of carbonyl (C=O) groups excluding carboxylic acids is 1. The van der Waals surface area contributed by atoms with Crippen LogP contribution < -0.4 is 0 Å². The molecule has 0 saturated heterocycles. The molecule has 0 aromatic carbocycles. The van der Waals surface area contributed by atoms with Crippen LogP contribution in [0.2, 0.25) is 0 Å². The topological polar surface area (TPSA) is 34.9 Å². The molecule has 82 valence electrons. The quantitative estimate of drug-likeness (QED) is 0.602. The highest BCUT2D eigenvalue weighted by Gasteiger charge is 2.08. The summed E-state index contributed by atoms with van der Waals surface area (Å²) in [6, 6.07) is 1.98. The summed E-state index contributed by atoms with van der Waals surface area (Å²) in [5.41, 5.74) is 2.48.